The number of piperidine rings is 1. The van der Waals surface area contributed by atoms with Gasteiger partial charge in [0, 0.05) is 24.3 Å². The molecule has 4 nitrogen and oxygen atoms in total. The molecule has 4 heteroatoms. The summed E-state index contributed by atoms with van der Waals surface area (Å²) in [6.07, 6.45) is 2.25. The second-order valence-electron chi connectivity index (χ2n) is 8.69. The van der Waals surface area contributed by atoms with Crippen molar-refractivity contribution in [3.05, 3.63) is 102 Å². The van der Waals surface area contributed by atoms with E-state index in [1.54, 1.807) is 0 Å². The number of rotatable bonds is 5. The van der Waals surface area contributed by atoms with Gasteiger partial charge in [0.05, 0.1) is 6.04 Å². The third kappa shape index (κ3) is 4.35. The highest BCUT2D eigenvalue weighted by atomic mass is 16.2. The van der Waals surface area contributed by atoms with Gasteiger partial charge in [-0.25, -0.2) is 4.79 Å². The number of nitrogens with one attached hydrogen (secondary N) is 1. The van der Waals surface area contributed by atoms with E-state index < -0.39 is 0 Å². The van der Waals surface area contributed by atoms with Crippen LogP contribution < -0.4 is 5.32 Å². The van der Waals surface area contributed by atoms with Gasteiger partial charge in [-0.1, -0.05) is 78.9 Å². The first-order chi connectivity index (χ1) is 15.3. The zero-order valence-electron chi connectivity index (χ0n) is 17.8. The molecule has 1 saturated heterocycles. The van der Waals surface area contributed by atoms with E-state index in [0.29, 0.717) is 5.92 Å². The number of likely N-dealkylation sites (tertiary alicyclic amines) is 1. The fraction of sp³-hybridized carbons (Fsp3) is 0.296. The number of amides is 2. The minimum atomic E-state index is -0.0338. The molecule has 2 amide bonds. The average molecular weight is 412 g/mol. The molecule has 2 aliphatic rings. The molecule has 0 aliphatic carbocycles. The van der Waals surface area contributed by atoms with Crippen molar-refractivity contribution in [2.75, 3.05) is 25.0 Å². The van der Waals surface area contributed by atoms with Crippen LogP contribution in [0.4, 0.5) is 10.5 Å². The predicted octanol–water partition coefficient (Wildman–Crippen LogP) is 5.54. The predicted molar refractivity (Wildman–Crippen MR) is 125 cm³/mol. The molecule has 3 aromatic rings. The smallest absolute Gasteiger partial charge is 0.313 e. The van der Waals surface area contributed by atoms with Gasteiger partial charge in [-0.2, -0.15) is 0 Å². The Morgan fingerprint density at radius 3 is 2.19 bits per heavy atom. The Morgan fingerprint density at radius 2 is 1.45 bits per heavy atom. The Morgan fingerprint density at radius 1 is 0.806 bits per heavy atom. The van der Waals surface area contributed by atoms with Gasteiger partial charge in [-0.3, -0.25) is 4.90 Å². The molecule has 2 heterocycles. The summed E-state index contributed by atoms with van der Waals surface area (Å²) < 4.78 is 0. The van der Waals surface area contributed by atoms with Crippen LogP contribution in [0.5, 0.6) is 0 Å². The molecule has 0 radical (unpaired) electrons. The van der Waals surface area contributed by atoms with Crippen molar-refractivity contribution in [3.8, 4) is 0 Å². The summed E-state index contributed by atoms with van der Waals surface area (Å²) in [6.45, 7) is 3.97. The number of hydrogen-bond donors (Lipinski definition) is 1. The molecule has 0 spiro atoms. The van der Waals surface area contributed by atoms with Crippen molar-refractivity contribution >= 4 is 11.7 Å². The Labute approximate surface area is 184 Å². The van der Waals surface area contributed by atoms with Gasteiger partial charge in [-0.05, 0) is 49.0 Å². The maximum absolute atomic E-state index is 13.1. The Bertz CT molecular complexity index is 1010. The van der Waals surface area contributed by atoms with Crippen LogP contribution in [0.2, 0.25) is 0 Å². The van der Waals surface area contributed by atoms with Crippen molar-refractivity contribution in [2.24, 2.45) is 5.92 Å². The lowest BCUT2D eigenvalue weighted by Crippen LogP contribution is -2.46. The zero-order chi connectivity index (χ0) is 21.0. The van der Waals surface area contributed by atoms with Gasteiger partial charge in [0.25, 0.3) is 0 Å². The minimum Gasteiger partial charge on any atom is -0.313 e. The Kier molecular flexibility index (Phi) is 5.72. The van der Waals surface area contributed by atoms with Crippen molar-refractivity contribution in [3.63, 3.8) is 0 Å². The molecular formula is C27H29N3O. The number of para-hydroxylation sites is 1. The van der Waals surface area contributed by atoms with E-state index in [4.69, 9.17) is 0 Å². The van der Waals surface area contributed by atoms with E-state index in [2.05, 4.69) is 81.8 Å². The Balaban J connectivity index is 1.31. The maximum Gasteiger partial charge on any atom is 0.322 e. The van der Waals surface area contributed by atoms with E-state index in [9.17, 15) is 4.79 Å². The van der Waals surface area contributed by atoms with Crippen LogP contribution in [0.15, 0.2) is 84.9 Å². The van der Waals surface area contributed by atoms with Gasteiger partial charge >= 0.3 is 6.03 Å². The fourth-order valence-corrected chi connectivity index (χ4v) is 4.95. The summed E-state index contributed by atoms with van der Waals surface area (Å²) in [7, 11) is 0. The summed E-state index contributed by atoms with van der Waals surface area (Å²) in [6, 6.07) is 29.3. The summed E-state index contributed by atoms with van der Waals surface area (Å²) >= 11 is 0. The first kappa shape index (κ1) is 19.8. The van der Waals surface area contributed by atoms with Crippen LogP contribution in [0, 0.1) is 5.92 Å². The van der Waals surface area contributed by atoms with E-state index in [1.165, 1.54) is 16.7 Å². The number of anilines is 1. The lowest BCUT2D eigenvalue weighted by Gasteiger charge is -2.41. The normalized spacial score (nSPS) is 19.7. The summed E-state index contributed by atoms with van der Waals surface area (Å²) in [5.41, 5.74) is 4.65. The highest BCUT2D eigenvalue weighted by Crippen LogP contribution is 2.38. The molecule has 5 rings (SSSR count). The average Bonchev–Trinajstić information content (AvgIpc) is 2.82. The highest BCUT2D eigenvalue weighted by molar-refractivity contribution is 5.93. The van der Waals surface area contributed by atoms with Crippen LogP contribution in [0.1, 0.15) is 35.6 Å². The number of fused-ring (bicyclic) bond motifs is 1. The van der Waals surface area contributed by atoms with E-state index in [-0.39, 0.29) is 12.1 Å². The van der Waals surface area contributed by atoms with E-state index in [0.717, 1.165) is 44.7 Å². The third-order valence-electron chi connectivity index (χ3n) is 6.60. The Hall–Kier alpha value is -3.11. The fourth-order valence-electron chi connectivity index (χ4n) is 4.95. The number of carbonyl (C=O) groups is 1. The number of carbonyl (C=O) groups excluding carboxylic acids is 1. The molecule has 0 aromatic heterocycles. The SMILES string of the molecule is O=C1Nc2ccccc2C(c2ccccc2)N1CC1CCN(Cc2ccccc2)CC1. The number of hydrogen-bond acceptors (Lipinski definition) is 2. The van der Waals surface area contributed by atoms with E-state index >= 15 is 0 Å². The summed E-state index contributed by atoms with van der Waals surface area (Å²) in [4.78, 5) is 17.7. The van der Waals surface area contributed by atoms with Gasteiger partial charge in [0.15, 0.2) is 0 Å². The molecule has 1 N–H and O–H groups in total. The van der Waals surface area contributed by atoms with Gasteiger partial charge in [0.2, 0.25) is 0 Å². The topological polar surface area (TPSA) is 35.6 Å². The van der Waals surface area contributed by atoms with Gasteiger partial charge in [0.1, 0.15) is 0 Å². The largest absolute Gasteiger partial charge is 0.322 e. The van der Waals surface area contributed by atoms with Crippen molar-refractivity contribution in [2.45, 2.75) is 25.4 Å². The van der Waals surface area contributed by atoms with E-state index in [1.807, 2.05) is 18.2 Å². The summed E-state index contributed by atoms with van der Waals surface area (Å²) in [5.74, 6) is 0.522. The molecule has 1 fully saturated rings. The molecular weight excluding hydrogens is 382 g/mol. The number of nitrogens with zero attached hydrogens (tertiary/aromatic N) is 2. The maximum atomic E-state index is 13.1. The number of urea groups is 1. The van der Waals surface area contributed by atoms with Crippen molar-refractivity contribution < 1.29 is 4.79 Å². The minimum absolute atomic E-state index is 0.0132. The quantitative estimate of drug-likeness (QED) is 0.599. The molecule has 0 bridgehead atoms. The second-order valence-corrected chi connectivity index (χ2v) is 8.69. The van der Waals surface area contributed by atoms with Crippen LogP contribution in [-0.2, 0) is 6.54 Å². The molecule has 3 aromatic carbocycles. The van der Waals surface area contributed by atoms with Crippen molar-refractivity contribution in [1.29, 1.82) is 0 Å². The van der Waals surface area contributed by atoms with Crippen molar-refractivity contribution in [1.82, 2.24) is 9.80 Å². The molecule has 158 valence electrons. The molecule has 2 aliphatic heterocycles. The van der Waals surface area contributed by atoms with Crippen LogP contribution in [-0.4, -0.2) is 35.5 Å². The van der Waals surface area contributed by atoms with Crippen LogP contribution >= 0.6 is 0 Å². The number of benzene rings is 3. The lowest BCUT2D eigenvalue weighted by molar-refractivity contribution is 0.135. The molecule has 1 atom stereocenters. The first-order valence-corrected chi connectivity index (χ1v) is 11.3. The standard InChI is InChI=1S/C27H29N3O/c31-27-28-25-14-8-7-13-24(25)26(23-11-5-2-6-12-23)30(27)20-22-15-17-29(18-16-22)19-21-9-3-1-4-10-21/h1-14,22,26H,15-20H2,(H,28,31). The molecule has 0 saturated carbocycles. The van der Waals surface area contributed by atoms with Gasteiger partial charge in [-0.15, -0.1) is 0 Å². The van der Waals surface area contributed by atoms with Crippen LogP contribution in [0.25, 0.3) is 0 Å². The first-order valence-electron chi connectivity index (χ1n) is 11.3. The monoisotopic (exact) mass is 411 g/mol. The summed E-state index contributed by atoms with van der Waals surface area (Å²) in [5, 5.41) is 3.12. The van der Waals surface area contributed by atoms with Gasteiger partial charge < -0.3 is 10.2 Å². The van der Waals surface area contributed by atoms with Crippen LogP contribution in [0.3, 0.4) is 0 Å². The highest BCUT2D eigenvalue weighted by Gasteiger charge is 2.35. The molecule has 31 heavy (non-hydrogen) atoms. The lowest BCUT2D eigenvalue weighted by atomic mass is 9.90. The third-order valence-corrected chi connectivity index (χ3v) is 6.60. The molecule has 1 unspecified atom stereocenters. The second kappa shape index (κ2) is 8.94. The zero-order valence-corrected chi connectivity index (χ0v) is 17.8.